The van der Waals surface area contributed by atoms with Gasteiger partial charge in [-0.25, -0.2) is 0 Å². The molecule has 0 fully saturated rings. The van der Waals surface area contributed by atoms with E-state index in [1.54, 1.807) is 0 Å². The maximum absolute atomic E-state index is 5.71. The highest BCUT2D eigenvalue weighted by molar-refractivity contribution is 9.10. The van der Waals surface area contributed by atoms with Crippen molar-refractivity contribution in [3.05, 3.63) is 100 Å². The predicted octanol–water partition coefficient (Wildman–Crippen LogP) is 4.77. The lowest BCUT2D eigenvalue weighted by Gasteiger charge is -2.14. The van der Waals surface area contributed by atoms with Crippen molar-refractivity contribution < 1.29 is 0 Å². The van der Waals surface area contributed by atoms with Crippen LogP contribution in [0, 0.1) is 0 Å². The average Bonchev–Trinajstić information content (AvgIpc) is 2.63. The zero-order valence-corrected chi connectivity index (χ0v) is 14.7. The van der Waals surface area contributed by atoms with Crippen molar-refractivity contribution in [1.29, 1.82) is 0 Å². The van der Waals surface area contributed by atoms with Crippen LogP contribution < -0.4 is 11.2 Å². The van der Waals surface area contributed by atoms with E-state index in [0.717, 1.165) is 33.5 Å². The number of nitrogens with zero attached hydrogens (tertiary/aromatic N) is 1. The molecule has 0 unspecified atom stereocenters. The van der Waals surface area contributed by atoms with Gasteiger partial charge in [0.15, 0.2) is 0 Å². The van der Waals surface area contributed by atoms with Gasteiger partial charge in [0, 0.05) is 27.8 Å². The molecule has 24 heavy (non-hydrogen) atoms. The molecule has 0 atom stereocenters. The topological polar surface area (TPSA) is 50.4 Å². The highest BCUT2D eigenvalue weighted by Crippen LogP contribution is 2.25. The lowest BCUT2D eigenvalue weighted by Crippen LogP contribution is -2.11. The molecule has 0 spiro atoms. The SMILES string of the molecule is NN=C(c1ccccc1)c1cc(Br)ccc1NCc1ccccc1. The van der Waals surface area contributed by atoms with Crippen molar-refractivity contribution in [3.8, 4) is 0 Å². The average molecular weight is 380 g/mol. The summed E-state index contributed by atoms with van der Waals surface area (Å²) in [6.45, 7) is 0.738. The van der Waals surface area contributed by atoms with E-state index in [0.29, 0.717) is 0 Å². The molecule has 4 heteroatoms. The molecule has 0 aliphatic rings. The highest BCUT2D eigenvalue weighted by atomic mass is 79.9. The molecule has 0 amide bonds. The minimum absolute atomic E-state index is 0.738. The van der Waals surface area contributed by atoms with Crippen LogP contribution in [-0.2, 0) is 6.54 Å². The van der Waals surface area contributed by atoms with Gasteiger partial charge in [-0.1, -0.05) is 76.6 Å². The van der Waals surface area contributed by atoms with Gasteiger partial charge in [-0.3, -0.25) is 0 Å². The number of hydrogen-bond donors (Lipinski definition) is 2. The van der Waals surface area contributed by atoms with E-state index in [2.05, 4.69) is 38.5 Å². The smallest absolute Gasteiger partial charge is 0.0992 e. The van der Waals surface area contributed by atoms with Gasteiger partial charge in [-0.15, -0.1) is 0 Å². The molecule has 0 aliphatic heterocycles. The fourth-order valence-electron chi connectivity index (χ4n) is 2.56. The van der Waals surface area contributed by atoms with Crippen LogP contribution in [-0.4, -0.2) is 5.71 Å². The van der Waals surface area contributed by atoms with E-state index < -0.39 is 0 Å². The molecular weight excluding hydrogens is 362 g/mol. The summed E-state index contributed by atoms with van der Waals surface area (Å²) in [5, 5.41) is 7.53. The molecule has 3 aromatic rings. The van der Waals surface area contributed by atoms with Gasteiger partial charge in [0.05, 0.1) is 5.71 Å². The maximum Gasteiger partial charge on any atom is 0.0992 e. The first-order chi connectivity index (χ1) is 11.8. The molecule has 0 aromatic heterocycles. The maximum atomic E-state index is 5.71. The molecule has 0 bridgehead atoms. The van der Waals surface area contributed by atoms with Gasteiger partial charge in [0.2, 0.25) is 0 Å². The Kier molecular flexibility index (Phi) is 5.29. The third-order valence-electron chi connectivity index (χ3n) is 3.74. The van der Waals surface area contributed by atoms with Crippen LogP contribution in [0.1, 0.15) is 16.7 Å². The largest absolute Gasteiger partial charge is 0.380 e. The van der Waals surface area contributed by atoms with E-state index >= 15 is 0 Å². The number of nitrogens with two attached hydrogens (primary N) is 1. The van der Waals surface area contributed by atoms with E-state index in [9.17, 15) is 0 Å². The summed E-state index contributed by atoms with van der Waals surface area (Å²) in [4.78, 5) is 0. The molecule has 3 rings (SSSR count). The normalized spacial score (nSPS) is 11.3. The lowest BCUT2D eigenvalue weighted by atomic mass is 10.0. The second-order valence-corrected chi connectivity index (χ2v) is 6.29. The van der Waals surface area contributed by atoms with Gasteiger partial charge >= 0.3 is 0 Å². The fourth-order valence-corrected chi connectivity index (χ4v) is 2.92. The van der Waals surface area contributed by atoms with Crippen molar-refractivity contribution in [3.63, 3.8) is 0 Å². The number of hydrazone groups is 1. The van der Waals surface area contributed by atoms with Gasteiger partial charge in [0.1, 0.15) is 0 Å². The van der Waals surface area contributed by atoms with Crippen molar-refractivity contribution in [2.75, 3.05) is 5.32 Å². The monoisotopic (exact) mass is 379 g/mol. The molecule has 0 aliphatic carbocycles. The van der Waals surface area contributed by atoms with Crippen LogP contribution in [0.4, 0.5) is 5.69 Å². The fraction of sp³-hybridized carbons (Fsp3) is 0.0500. The molecule has 3 nitrogen and oxygen atoms in total. The quantitative estimate of drug-likeness (QED) is 0.381. The zero-order chi connectivity index (χ0) is 16.8. The number of nitrogens with one attached hydrogen (secondary N) is 1. The Morgan fingerprint density at radius 2 is 1.58 bits per heavy atom. The standard InChI is InChI=1S/C20H18BrN3/c21-17-11-12-19(23-14-15-7-3-1-4-8-15)18(13-17)20(24-22)16-9-5-2-6-10-16/h1-13,23H,14,22H2. The van der Waals surface area contributed by atoms with Crippen LogP contribution in [0.2, 0.25) is 0 Å². The van der Waals surface area contributed by atoms with Crippen LogP contribution in [0.5, 0.6) is 0 Å². The molecule has 120 valence electrons. The number of rotatable bonds is 5. The first kappa shape index (κ1) is 16.3. The van der Waals surface area contributed by atoms with Gasteiger partial charge in [-0.2, -0.15) is 5.10 Å². The summed E-state index contributed by atoms with van der Waals surface area (Å²) in [7, 11) is 0. The summed E-state index contributed by atoms with van der Waals surface area (Å²) >= 11 is 3.54. The highest BCUT2D eigenvalue weighted by Gasteiger charge is 2.12. The summed E-state index contributed by atoms with van der Waals surface area (Å²) in [6, 6.07) is 26.3. The second-order valence-electron chi connectivity index (χ2n) is 5.37. The zero-order valence-electron chi connectivity index (χ0n) is 13.1. The Balaban J connectivity index is 1.93. The van der Waals surface area contributed by atoms with Crippen LogP contribution in [0.15, 0.2) is 88.4 Å². The first-order valence-corrected chi connectivity index (χ1v) is 8.48. The minimum atomic E-state index is 0.738. The van der Waals surface area contributed by atoms with Crippen molar-refractivity contribution >= 4 is 27.3 Å². The van der Waals surface area contributed by atoms with E-state index in [1.807, 2.05) is 66.7 Å². The van der Waals surface area contributed by atoms with Gasteiger partial charge in [-0.05, 0) is 23.8 Å². The Labute approximate surface area is 150 Å². The predicted molar refractivity (Wildman–Crippen MR) is 104 cm³/mol. The summed E-state index contributed by atoms with van der Waals surface area (Å²) < 4.78 is 0.986. The lowest BCUT2D eigenvalue weighted by molar-refractivity contribution is 1.14. The Bertz CT molecular complexity index is 830. The molecule has 3 aromatic carbocycles. The van der Waals surface area contributed by atoms with Crippen molar-refractivity contribution in [2.24, 2.45) is 10.9 Å². The first-order valence-electron chi connectivity index (χ1n) is 7.69. The second kappa shape index (κ2) is 7.79. The molecular formula is C20H18BrN3. The Hall–Kier alpha value is -2.59. The van der Waals surface area contributed by atoms with Crippen LogP contribution in [0.25, 0.3) is 0 Å². The number of anilines is 1. The molecule has 3 N–H and O–H groups in total. The van der Waals surface area contributed by atoms with Crippen LogP contribution >= 0.6 is 15.9 Å². The van der Waals surface area contributed by atoms with E-state index in [-0.39, 0.29) is 0 Å². The Morgan fingerprint density at radius 1 is 0.917 bits per heavy atom. The van der Waals surface area contributed by atoms with Crippen molar-refractivity contribution in [2.45, 2.75) is 6.54 Å². The van der Waals surface area contributed by atoms with E-state index in [4.69, 9.17) is 5.84 Å². The number of benzene rings is 3. The number of hydrogen-bond acceptors (Lipinski definition) is 3. The van der Waals surface area contributed by atoms with Gasteiger partial charge in [0.25, 0.3) is 0 Å². The summed E-state index contributed by atoms with van der Waals surface area (Å²) in [5.74, 6) is 5.71. The summed E-state index contributed by atoms with van der Waals surface area (Å²) in [6.07, 6.45) is 0. The van der Waals surface area contributed by atoms with Crippen LogP contribution in [0.3, 0.4) is 0 Å². The summed E-state index contributed by atoms with van der Waals surface area (Å²) in [5.41, 5.74) is 4.93. The molecule has 0 heterocycles. The number of halogens is 1. The third kappa shape index (κ3) is 3.84. The minimum Gasteiger partial charge on any atom is -0.380 e. The van der Waals surface area contributed by atoms with Crippen molar-refractivity contribution in [1.82, 2.24) is 0 Å². The molecule has 0 radical (unpaired) electrons. The Morgan fingerprint density at radius 3 is 2.25 bits per heavy atom. The molecule has 0 saturated heterocycles. The van der Waals surface area contributed by atoms with E-state index in [1.165, 1.54) is 5.56 Å². The third-order valence-corrected chi connectivity index (χ3v) is 4.23. The molecule has 0 saturated carbocycles. The van der Waals surface area contributed by atoms with Gasteiger partial charge < -0.3 is 11.2 Å².